The lowest BCUT2D eigenvalue weighted by Crippen LogP contribution is -2.11. The lowest BCUT2D eigenvalue weighted by atomic mass is 9.90. The first-order valence-corrected chi connectivity index (χ1v) is 9.58. The molecule has 0 saturated heterocycles. The van der Waals surface area contributed by atoms with E-state index < -0.39 is 11.8 Å². The Morgan fingerprint density at radius 3 is 2.57 bits per heavy atom. The smallest absolute Gasteiger partial charge is 0.372 e. The Morgan fingerprint density at radius 1 is 1.04 bits per heavy atom. The molecule has 0 radical (unpaired) electrons. The number of ketones is 1. The number of allylic oxidation sites excluding steroid dienone is 2. The molecule has 0 unspecified atom stereocenters. The van der Waals surface area contributed by atoms with Crippen molar-refractivity contribution in [1.29, 1.82) is 0 Å². The van der Waals surface area contributed by atoms with Crippen LogP contribution in [0.5, 0.6) is 0 Å². The van der Waals surface area contributed by atoms with Crippen LogP contribution in [0.1, 0.15) is 90.4 Å². The quantitative estimate of drug-likeness (QED) is 0.275. The van der Waals surface area contributed by atoms with Crippen LogP contribution >= 0.6 is 0 Å². The number of aliphatic carboxylic acids is 1. The zero-order valence-corrected chi connectivity index (χ0v) is 14.8. The van der Waals surface area contributed by atoms with Gasteiger partial charge >= 0.3 is 5.97 Å². The first-order chi connectivity index (χ1) is 11.1. The third-order valence-corrected chi connectivity index (χ3v) is 5.04. The second kappa shape index (κ2) is 12.3. The van der Waals surface area contributed by atoms with Crippen LogP contribution in [0.3, 0.4) is 0 Å². The van der Waals surface area contributed by atoms with Crippen LogP contribution in [0.2, 0.25) is 0 Å². The van der Waals surface area contributed by atoms with Crippen LogP contribution in [-0.2, 0) is 9.59 Å². The highest BCUT2D eigenvalue weighted by atomic mass is 16.4. The van der Waals surface area contributed by atoms with Gasteiger partial charge in [-0.25, -0.2) is 4.79 Å². The number of carbonyl (C=O) groups is 2. The van der Waals surface area contributed by atoms with Gasteiger partial charge in [0.05, 0.1) is 0 Å². The minimum atomic E-state index is -1.29. The van der Waals surface area contributed by atoms with E-state index in [1.807, 2.05) is 0 Å². The summed E-state index contributed by atoms with van der Waals surface area (Å²) in [4.78, 5) is 21.5. The van der Waals surface area contributed by atoms with Crippen LogP contribution in [0.4, 0.5) is 0 Å². The number of carboxylic acid groups (broad SMARTS) is 1. The molecule has 0 bridgehead atoms. The van der Waals surface area contributed by atoms with E-state index >= 15 is 0 Å². The summed E-state index contributed by atoms with van der Waals surface area (Å²) >= 11 is 0. The summed E-state index contributed by atoms with van der Waals surface area (Å²) in [7, 11) is 0. The third kappa shape index (κ3) is 8.92. The molecule has 1 N–H and O–H groups in total. The van der Waals surface area contributed by atoms with E-state index in [0.717, 1.165) is 31.1 Å². The monoisotopic (exact) mass is 322 g/mol. The van der Waals surface area contributed by atoms with Gasteiger partial charge in [-0.2, -0.15) is 0 Å². The van der Waals surface area contributed by atoms with E-state index in [1.54, 1.807) is 0 Å². The molecule has 0 aromatic heterocycles. The Labute approximate surface area is 141 Å². The summed E-state index contributed by atoms with van der Waals surface area (Å²) < 4.78 is 0. The standard InChI is InChI=1S/C20H34O3/c1-2-3-4-5-6-8-12-17-14-11-15-18(17)13-9-7-10-16-19(21)20(22)23/h8,12,17-18H,2-7,9-11,13-16H2,1H3,(H,22,23)/b12-8+/t17-,18-/m0/s1. The van der Waals surface area contributed by atoms with Gasteiger partial charge in [0.1, 0.15) is 0 Å². The Hall–Kier alpha value is -1.12. The number of unbranched alkanes of at least 4 members (excludes halogenated alkanes) is 6. The van der Waals surface area contributed by atoms with E-state index in [4.69, 9.17) is 5.11 Å². The Kier molecular flexibility index (Phi) is 10.7. The highest BCUT2D eigenvalue weighted by molar-refractivity contribution is 6.32. The summed E-state index contributed by atoms with van der Waals surface area (Å²) in [5.74, 6) is -0.376. The molecule has 1 fully saturated rings. The first kappa shape index (κ1) is 19.9. The van der Waals surface area contributed by atoms with E-state index in [-0.39, 0.29) is 6.42 Å². The third-order valence-electron chi connectivity index (χ3n) is 5.04. The molecule has 0 heterocycles. The van der Waals surface area contributed by atoms with Crippen molar-refractivity contribution in [3.8, 4) is 0 Å². The van der Waals surface area contributed by atoms with Gasteiger partial charge in [0.2, 0.25) is 5.78 Å². The number of carbonyl (C=O) groups excluding carboxylic acids is 1. The normalized spacial score (nSPS) is 21.1. The highest BCUT2D eigenvalue weighted by Crippen LogP contribution is 2.36. The zero-order valence-electron chi connectivity index (χ0n) is 14.8. The molecule has 1 aliphatic rings. The maximum Gasteiger partial charge on any atom is 0.372 e. The Bertz CT molecular complexity index is 373. The van der Waals surface area contributed by atoms with Crippen LogP contribution in [0.15, 0.2) is 12.2 Å². The van der Waals surface area contributed by atoms with Gasteiger partial charge in [0.15, 0.2) is 0 Å². The van der Waals surface area contributed by atoms with Gasteiger partial charge in [-0.15, -0.1) is 0 Å². The van der Waals surface area contributed by atoms with Crippen molar-refractivity contribution in [3.05, 3.63) is 12.2 Å². The summed E-state index contributed by atoms with van der Waals surface area (Å²) in [6.07, 6.45) is 19.6. The number of rotatable bonds is 13. The lowest BCUT2D eigenvalue weighted by molar-refractivity contribution is -0.149. The summed E-state index contributed by atoms with van der Waals surface area (Å²) in [6, 6.07) is 0. The van der Waals surface area contributed by atoms with Gasteiger partial charge in [0, 0.05) is 6.42 Å². The predicted octanol–water partition coefficient (Wildman–Crippen LogP) is 5.53. The van der Waals surface area contributed by atoms with E-state index in [1.165, 1.54) is 57.8 Å². The molecule has 1 rings (SSSR count). The Morgan fingerprint density at radius 2 is 1.83 bits per heavy atom. The number of hydrogen-bond donors (Lipinski definition) is 1. The molecular weight excluding hydrogens is 288 g/mol. The van der Waals surface area contributed by atoms with Crippen molar-refractivity contribution in [2.45, 2.75) is 90.4 Å². The van der Waals surface area contributed by atoms with Gasteiger partial charge < -0.3 is 5.11 Å². The van der Waals surface area contributed by atoms with Crippen molar-refractivity contribution < 1.29 is 14.7 Å². The van der Waals surface area contributed by atoms with Gasteiger partial charge in [-0.1, -0.05) is 57.6 Å². The average Bonchev–Trinajstić information content (AvgIpc) is 2.97. The summed E-state index contributed by atoms with van der Waals surface area (Å²) in [5.41, 5.74) is 0. The second-order valence-corrected chi connectivity index (χ2v) is 6.96. The van der Waals surface area contributed by atoms with Crippen LogP contribution in [-0.4, -0.2) is 16.9 Å². The maximum atomic E-state index is 11.0. The van der Waals surface area contributed by atoms with E-state index in [9.17, 15) is 9.59 Å². The molecule has 0 spiro atoms. The zero-order chi connectivity index (χ0) is 16.9. The van der Waals surface area contributed by atoms with Crippen LogP contribution in [0.25, 0.3) is 0 Å². The molecule has 3 nitrogen and oxygen atoms in total. The highest BCUT2D eigenvalue weighted by Gasteiger charge is 2.24. The molecule has 23 heavy (non-hydrogen) atoms. The van der Waals surface area contributed by atoms with E-state index in [2.05, 4.69) is 19.1 Å². The fourth-order valence-corrected chi connectivity index (χ4v) is 3.61. The second-order valence-electron chi connectivity index (χ2n) is 6.96. The van der Waals surface area contributed by atoms with Gasteiger partial charge in [0.25, 0.3) is 0 Å². The molecule has 0 aromatic rings. The minimum absolute atomic E-state index is 0.196. The first-order valence-electron chi connectivity index (χ1n) is 9.58. The molecule has 0 aromatic carbocycles. The van der Waals surface area contributed by atoms with E-state index in [0.29, 0.717) is 0 Å². The number of carboxylic acids is 1. The van der Waals surface area contributed by atoms with Crippen molar-refractivity contribution in [1.82, 2.24) is 0 Å². The molecule has 1 saturated carbocycles. The number of Topliss-reactive ketones (excluding diaryl/α,β-unsaturated/α-hetero) is 1. The van der Waals surface area contributed by atoms with Crippen molar-refractivity contribution >= 4 is 11.8 Å². The molecule has 2 atom stereocenters. The Balaban J connectivity index is 2.11. The minimum Gasteiger partial charge on any atom is -0.476 e. The molecule has 132 valence electrons. The van der Waals surface area contributed by atoms with Crippen molar-refractivity contribution in [2.24, 2.45) is 11.8 Å². The van der Waals surface area contributed by atoms with Crippen LogP contribution in [0, 0.1) is 11.8 Å². The fourth-order valence-electron chi connectivity index (χ4n) is 3.61. The summed E-state index contributed by atoms with van der Waals surface area (Å²) in [5, 5.41) is 8.54. The molecule has 0 amide bonds. The van der Waals surface area contributed by atoms with Gasteiger partial charge in [-0.05, 0) is 50.4 Å². The SMILES string of the molecule is CCCCCC/C=C/[C@H]1CCC[C@@H]1CCCCCC(=O)C(=O)O. The number of hydrogen-bond acceptors (Lipinski definition) is 2. The lowest BCUT2D eigenvalue weighted by Gasteiger charge is -2.16. The topological polar surface area (TPSA) is 54.4 Å². The summed E-state index contributed by atoms with van der Waals surface area (Å²) in [6.45, 7) is 2.25. The van der Waals surface area contributed by atoms with Crippen molar-refractivity contribution in [3.63, 3.8) is 0 Å². The average molecular weight is 322 g/mol. The largest absolute Gasteiger partial charge is 0.476 e. The molecule has 3 heteroatoms. The molecule has 1 aliphatic carbocycles. The molecular formula is C20H34O3. The van der Waals surface area contributed by atoms with Gasteiger partial charge in [-0.3, -0.25) is 4.79 Å². The van der Waals surface area contributed by atoms with Crippen LogP contribution < -0.4 is 0 Å². The fraction of sp³-hybridized carbons (Fsp3) is 0.800. The van der Waals surface area contributed by atoms with Crippen molar-refractivity contribution in [2.75, 3.05) is 0 Å². The molecule has 0 aliphatic heterocycles. The maximum absolute atomic E-state index is 11.0. The predicted molar refractivity (Wildman–Crippen MR) is 94.5 cm³/mol.